The third-order valence-electron chi connectivity index (χ3n) is 4.23. The normalized spacial score (nSPS) is 11.1. The molecule has 0 saturated carbocycles. The summed E-state index contributed by atoms with van der Waals surface area (Å²) in [5.74, 6) is -0.263. The number of hydrogen-bond acceptors (Lipinski definition) is 6. The first-order chi connectivity index (χ1) is 11.8. The Balaban J connectivity index is 1.95. The fourth-order valence-corrected chi connectivity index (χ4v) is 2.98. The number of benzene rings is 1. The largest absolute Gasteiger partial charge is 0.456 e. The van der Waals surface area contributed by atoms with Gasteiger partial charge < -0.3 is 9.26 Å². The van der Waals surface area contributed by atoms with Crippen molar-refractivity contribution in [3.8, 4) is 0 Å². The van der Waals surface area contributed by atoms with Gasteiger partial charge in [-0.3, -0.25) is 4.79 Å². The maximum Gasteiger partial charge on any atom is 0.359 e. The molecule has 0 aliphatic carbocycles. The van der Waals surface area contributed by atoms with E-state index >= 15 is 0 Å². The number of ether oxygens (including phenoxy) is 1. The highest BCUT2D eigenvalue weighted by atomic mass is 16.5. The standard InChI is InChI=1S/C18H19N3O4/c1-9-6-10(2)13(11(3)7-9)8-24-18(23)16-14-12(4)25-20-15(14)17(22)21(5)19-16/h6-7H,8H2,1-5H3. The summed E-state index contributed by atoms with van der Waals surface area (Å²) in [4.78, 5) is 24.6. The van der Waals surface area contributed by atoms with Crippen molar-refractivity contribution in [1.82, 2.24) is 14.9 Å². The zero-order valence-corrected chi connectivity index (χ0v) is 14.8. The van der Waals surface area contributed by atoms with Crippen molar-refractivity contribution in [3.63, 3.8) is 0 Å². The van der Waals surface area contributed by atoms with Crippen molar-refractivity contribution in [2.24, 2.45) is 7.05 Å². The molecule has 0 atom stereocenters. The third-order valence-corrected chi connectivity index (χ3v) is 4.23. The van der Waals surface area contributed by atoms with Crippen molar-refractivity contribution in [2.45, 2.75) is 34.3 Å². The molecular formula is C18H19N3O4. The SMILES string of the molecule is Cc1cc(C)c(COC(=O)c2nn(C)c(=O)c3noc(C)c23)c(C)c1. The number of nitrogens with zero attached hydrogens (tertiary/aromatic N) is 3. The van der Waals surface area contributed by atoms with Gasteiger partial charge in [0.05, 0.1) is 5.39 Å². The number of hydrogen-bond donors (Lipinski definition) is 0. The lowest BCUT2D eigenvalue weighted by molar-refractivity contribution is 0.0464. The van der Waals surface area contributed by atoms with Crippen LogP contribution >= 0.6 is 0 Å². The molecule has 7 nitrogen and oxygen atoms in total. The summed E-state index contributed by atoms with van der Waals surface area (Å²) in [6.07, 6.45) is 0. The highest BCUT2D eigenvalue weighted by Crippen LogP contribution is 2.21. The third kappa shape index (κ3) is 2.93. The molecule has 2 aromatic heterocycles. The van der Waals surface area contributed by atoms with Crippen LogP contribution in [0.4, 0.5) is 0 Å². The molecule has 7 heteroatoms. The quantitative estimate of drug-likeness (QED) is 0.680. The number of fused-ring (bicyclic) bond motifs is 1. The van der Waals surface area contributed by atoms with E-state index in [-0.39, 0.29) is 17.8 Å². The Morgan fingerprint density at radius 3 is 2.48 bits per heavy atom. The molecule has 0 fully saturated rings. The van der Waals surface area contributed by atoms with Crippen LogP contribution in [0.2, 0.25) is 0 Å². The molecule has 0 amide bonds. The molecule has 2 heterocycles. The summed E-state index contributed by atoms with van der Waals surface area (Å²) in [6.45, 7) is 7.75. The second-order valence-electron chi connectivity index (χ2n) is 6.19. The summed E-state index contributed by atoms with van der Waals surface area (Å²) >= 11 is 0. The Labute approximate surface area is 144 Å². The lowest BCUT2D eigenvalue weighted by Gasteiger charge is -2.12. The average molecular weight is 341 g/mol. The molecular weight excluding hydrogens is 322 g/mol. The van der Waals surface area contributed by atoms with Crippen molar-refractivity contribution >= 4 is 16.9 Å². The van der Waals surface area contributed by atoms with Crippen molar-refractivity contribution in [2.75, 3.05) is 0 Å². The molecule has 1 aromatic carbocycles. The summed E-state index contributed by atoms with van der Waals surface area (Å²) in [7, 11) is 1.46. The fraction of sp³-hybridized carbons (Fsp3) is 0.333. The van der Waals surface area contributed by atoms with Gasteiger partial charge in [0.25, 0.3) is 5.56 Å². The zero-order valence-electron chi connectivity index (χ0n) is 14.8. The number of rotatable bonds is 3. The van der Waals surface area contributed by atoms with Gasteiger partial charge in [0.2, 0.25) is 0 Å². The first-order valence-corrected chi connectivity index (χ1v) is 7.86. The highest BCUT2D eigenvalue weighted by molar-refractivity contribution is 6.01. The zero-order chi connectivity index (χ0) is 18.3. The number of aromatic nitrogens is 3. The summed E-state index contributed by atoms with van der Waals surface area (Å²) in [5, 5.41) is 8.05. The van der Waals surface area contributed by atoms with Gasteiger partial charge in [-0.05, 0) is 44.4 Å². The smallest absolute Gasteiger partial charge is 0.359 e. The molecule has 0 bridgehead atoms. The van der Waals surface area contributed by atoms with E-state index in [2.05, 4.69) is 10.3 Å². The number of carbonyl (C=O) groups is 1. The lowest BCUT2D eigenvalue weighted by atomic mass is 10.0. The molecule has 0 unspecified atom stereocenters. The fourth-order valence-electron chi connectivity index (χ4n) is 2.98. The first-order valence-electron chi connectivity index (χ1n) is 7.86. The number of aryl methyl sites for hydroxylation is 5. The van der Waals surface area contributed by atoms with Crippen LogP contribution in [-0.4, -0.2) is 20.9 Å². The van der Waals surface area contributed by atoms with E-state index in [4.69, 9.17) is 9.26 Å². The van der Waals surface area contributed by atoms with E-state index in [1.54, 1.807) is 6.92 Å². The molecule has 0 aliphatic heterocycles. The molecule has 0 N–H and O–H groups in total. The first kappa shape index (κ1) is 16.9. The Hall–Kier alpha value is -2.96. The Morgan fingerprint density at radius 2 is 1.84 bits per heavy atom. The Kier molecular flexibility index (Phi) is 4.16. The molecule has 25 heavy (non-hydrogen) atoms. The predicted octanol–water partition coefficient (Wildman–Crippen LogP) is 2.51. The van der Waals surface area contributed by atoms with Crippen LogP contribution in [0.5, 0.6) is 0 Å². The molecule has 3 rings (SSSR count). The topological polar surface area (TPSA) is 87.2 Å². The van der Waals surface area contributed by atoms with Gasteiger partial charge in [-0.2, -0.15) is 5.10 Å². The molecule has 0 aliphatic rings. The minimum Gasteiger partial charge on any atom is -0.456 e. The van der Waals surface area contributed by atoms with Crippen LogP contribution in [0, 0.1) is 27.7 Å². The van der Waals surface area contributed by atoms with Gasteiger partial charge in [0.1, 0.15) is 12.4 Å². The second kappa shape index (κ2) is 6.16. The predicted molar refractivity (Wildman–Crippen MR) is 91.6 cm³/mol. The van der Waals surface area contributed by atoms with Gasteiger partial charge in [-0.25, -0.2) is 9.48 Å². The summed E-state index contributed by atoms with van der Waals surface area (Å²) in [5.41, 5.74) is 3.92. The highest BCUT2D eigenvalue weighted by Gasteiger charge is 2.23. The van der Waals surface area contributed by atoms with Crippen molar-refractivity contribution in [1.29, 1.82) is 0 Å². The summed E-state index contributed by atoms with van der Waals surface area (Å²) < 4.78 is 11.6. The van der Waals surface area contributed by atoms with Gasteiger partial charge in [0, 0.05) is 7.05 Å². The maximum absolute atomic E-state index is 12.6. The molecule has 0 radical (unpaired) electrons. The lowest BCUT2D eigenvalue weighted by Crippen LogP contribution is -2.24. The van der Waals surface area contributed by atoms with Crippen molar-refractivity contribution in [3.05, 3.63) is 56.2 Å². The molecule has 0 spiro atoms. The maximum atomic E-state index is 12.6. The van der Waals surface area contributed by atoms with Crippen LogP contribution in [0.25, 0.3) is 10.9 Å². The van der Waals surface area contributed by atoms with Crippen LogP contribution in [-0.2, 0) is 18.4 Å². The van der Waals surface area contributed by atoms with E-state index in [1.807, 2.05) is 32.9 Å². The molecule has 130 valence electrons. The molecule has 3 aromatic rings. The summed E-state index contributed by atoms with van der Waals surface area (Å²) in [6, 6.07) is 4.09. The van der Waals surface area contributed by atoms with Crippen molar-refractivity contribution < 1.29 is 14.1 Å². The van der Waals surface area contributed by atoms with Crippen LogP contribution in [0.3, 0.4) is 0 Å². The number of esters is 1. The van der Waals surface area contributed by atoms with E-state index in [0.29, 0.717) is 11.1 Å². The van der Waals surface area contributed by atoms with Crippen LogP contribution < -0.4 is 5.56 Å². The van der Waals surface area contributed by atoms with E-state index in [1.165, 1.54) is 7.05 Å². The van der Waals surface area contributed by atoms with Gasteiger partial charge >= 0.3 is 5.97 Å². The average Bonchev–Trinajstić information content (AvgIpc) is 2.91. The molecule has 0 saturated heterocycles. The van der Waals surface area contributed by atoms with E-state index < -0.39 is 11.5 Å². The minimum atomic E-state index is -0.619. The minimum absolute atomic E-state index is 0.0262. The van der Waals surface area contributed by atoms with Gasteiger partial charge in [-0.15, -0.1) is 0 Å². The van der Waals surface area contributed by atoms with E-state index in [9.17, 15) is 9.59 Å². The number of carbonyl (C=O) groups excluding carboxylic acids is 1. The second-order valence-corrected chi connectivity index (χ2v) is 6.19. The van der Waals surface area contributed by atoms with Gasteiger partial charge in [-0.1, -0.05) is 22.9 Å². The van der Waals surface area contributed by atoms with Crippen LogP contribution in [0.1, 0.15) is 38.5 Å². The van der Waals surface area contributed by atoms with Crippen LogP contribution in [0.15, 0.2) is 21.5 Å². The Bertz CT molecular complexity index is 1020. The van der Waals surface area contributed by atoms with E-state index in [0.717, 1.165) is 26.9 Å². The monoisotopic (exact) mass is 341 g/mol. The Morgan fingerprint density at radius 1 is 1.20 bits per heavy atom. The van der Waals surface area contributed by atoms with Gasteiger partial charge in [0.15, 0.2) is 11.2 Å².